The molecule has 0 aromatic heterocycles. The van der Waals surface area contributed by atoms with E-state index in [0.717, 1.165) is 17.6 Å². The van der Waals surface area contributed by atoms with Crippen molar-refractivity contribution in [1.29, 1.82) is 0 Å². The molecule has 0 fully saturated rings. The van der Waals surface area contributed by atoms with E-state index in [1.807, 2.05) is 31.2 Å². The fourth-order valence-electron chi connectivity index (χ4n) is 2.03. The van der Waals surface area contributed by atoms with Crippen molar-refractivity contribution >= 4 is 6.29 Å². The van der Waals surface area contributed by atoms with Crippen molar-refractivity contribution in [3.63, 3.8) is 0 Å². The van der Waals surface area contributed by atoms with Crippen LogP contribution in [0.25, 0.3) is 0 Å². The maximum atomic E-state index is 11.1. The van der Waals surface area contributed by atoms with E-state index < -0.39 is 0 Å². The van der Waals surface area contributed by atoms with Crippen LogP contribution < -0.4 is 14.2 Å². The van der Waals surface area contributed by atoms with Gasteiger partial charge >= 0.3 is 0 Å². The Kier molecular flexibility index (Phi) is 4.82. The number of carbonyl (C=O) groups is 1. The lowest BCUT2D eigenvalue weighted by Crippen LogP contribution is -2.06. The summed E-state index contributed by atoms with van der Waals surface area (Å²) in [7, 11) is 3.18. The molecule has 2 rings (SSSR count). The number of hydrogen-bond donors (Lipinski definition) is 0. The average molecular weight is 286 g/mol. The van der Waals surface area contributed by atoms with Gasteiger partial charge in [-0.3, -0.25) is 4.79 Å². The number of ether oxygens (including phenoxy) is 3. The first-order chi connectivity index (χ1) is 10.2. The maximum absolute atomic E-state index is 11.1. The van der Waals surface area contributed by atoms with Crippen LogP contribution in [0.2, 0.25) is 0 Å². The summed E-state index contributed by atoms with van der Waals surface area (Å²) in [6, 6.07) is 12.8. The van der Waals surface area contributed by atoms with Crippen LogP contribution in [-0.2, 0) is 0 Å². The minimum Gasteiger partial charge on any atom is -0.497 e. The highest BCUT2D eigenvalue weighted by molar-refractivity contribution is 5.81. The van der Waals surface area contributed by atoms with E-state index in [-0.39, 0.29) is 6.10 Å². The smallest absolute Gasteiger partial charge is 0.172 e. The lowest BCUT2D eigenvalue weighted by molar-refractivity contribution is 0.111. The average Bonchev–Trinajstić information content (AvgIpc) is 2.55. The van der Waals surface area contributed by atoms with Crippen LogP contribution in [0.1, 0.15) is 28.9 Å². The fourth-order valence-corrected chi connectivity index (χ4v) is 2.03. The zero-order chi connectivity index (χ0) is 15.2. The van der Waals surface area contributed by atoms with Gasteiger partial charge in [-0.15, -0.1) is 0 Å². The van der Waals surface area contributed by atoms with Gasteiger partial charge < -0.3 is 14.2 Å². The molecule has 2 aromatic rings. The third kappa shape index (κ3) is 3.34. The minimum absolute atomic E-state index is 0.217. The molecule has 1 unspecified atom stereocenters. The first-order valence-electron chi connectivity index (χ1n) is 6.62. The van der Waals surface area contributed by atoms with Gasteiger partial charge in [0.1, 0.15) is 11.9 Å². The van der Waals surface area contributed by atoms with Crippen LogP contribution in [0.3, 0.4) is 0 Å². The summed E-state index contributed by atoms with van der Waals surface area (Å²) in [6.45, 7) is 1.92. The Bertz CT molecular complexity index is 605. The molecular formula is C17H18O4. The zero-order valence-electron chi connectivity index (χ0n) is 12.3. The molecule has 21 heavy (non-hydrogen) atoms. The molecule has 0 N–H and O–H groups in total. The topological polar surface area (TPSA) is 44.8 Å². The van der Waals surface area contributed by atoms with Gasteiger partial charge in [-0.2, -0.15) is 0 Å². The van der Waals surface area contributed by atoms with E-state index in [0.29, 0.717) is 17.1 Å². The normalized spacial score (nSPS) is 11.6. The lowest BCUT2D eigenvalue weighted by atomic mass is 10.1. The van der Waals surface area contributed by atoms with Crippen LogP contribution in [0, 0.1) is 0 Å². The van der Waals surface area contributed by atoms with Crippen LogP contribution in [0.4, 0.5) is 0 Å². The molecular weight excluding hydrogens is 268 g/mol. The molecule has 0 saturated heterocycles. The first kappa shape index (κ1) is 14.9. The molecule has 110 valence electrons. The van der Waals surface area contributed by atoms with Crippen LogP contribution >= 0.6 is 0 Å². The minimum atomic E-state index is -0.217. The molecule has 0 heterocycles. The summed E-state index contributed by atoms with van der Waals surface area (Å²) in [5.74, 6) is 1.79. The number of para-hydroxylation sites is 1. The number of benzene rings is 2. The van der Waals surface area contributed by atoms with Crippen molar-refractivity contribution < 1.29 is 19.0 Å². The SMILES string of the molecule is COc1ccc(C(C)Oc2c(C=O)cccc2OC)cc1. The van der Waals surface area contributed by atoms with Gasteiger partial charge in [0.05, 0.1) is 19.8 Å². The molecule has 0 aliphatic rings. The highest BCUT2D eigenvalue weighted by atomic mass is 16.5. The monoisotopic (exact) mass is 286 g/mol. The predicted octanol–water partition coefficient (Wildman–Crippen LogP) is 3.66. The molecule has 0 aliphatic carbocycles. The second-order valence-corrected chi connectivity index (χ2v) is 4.53. The van der Waals surface area contributed by atoms with E-state index in [4.69, 9.17) is 14.2 Å². The standard InChI is InChI=1S/C17H18O4/c1-12(13-7-9-15(19-2)10-8-13)21-17-14(11-18)5-4-6-16(17)20-3/h4-12H,1-3H3. The number of rotatable bonds is 6. The number of methoxy groups -OCH3 is 2. The summed E-state index contributed by atoms with van der Waals surface area (Å²) in [6.07, 6.45) is 0.546. The van der Waals surface area contributed by atoms with Crippen LogP contribution in [-0.4, -0.2) is 20.5 Å². The molecule has 0 amide bonds. The third-order valence-corrected chi connectivity index (χ3v) is 3.24. The second-order valence-electron chi connectivity index (χ2n) is 4.53. The van der Waals surface area contributed by atoms with Gasteiger partial charge in [-0.05, 0) is 36.8 Å². The molecule has 1 atom stereocenters. The van der Waals surface area contributed by atoms with Crippen molar-refractivity contribution in [2.75, 3.05) is 14.2 Å². The maximum Gasteiger partial charge on any atom is 0.172 e. The lowest BCUT2D eigenvalue weighted by Gasteiger charge is -2.18. The largest absolute Gasteiger partial charge is 0.497 e. The van der Waals surface area contributed by atoms with Gasteiger partial charge in [-0.1, -0.05) is 18.2 Å². The van der Waals surface area contributed by atoms with Gasteiger partial charge in [-0.25, -0.2) is 0 Å². The first-order valence-corrected chi connectivity index (χ1v) is 6.62. The van der Waals surface area contributed by atoms with Gasteiger partial charge in [0, 0.05) is 0 Å². The summed E-state index contributed by atoms with van der Waals surface area (Å²) < 4.78 is 16.3. The summed E-state index contributed by atoms with van der Waals surface area (Å²) in [5.41, 5.74) is 1.45. The molecule has 0 spiro atoms. The van der Waals surface area contributed by atoms with E-state index in [1.54, 1.807) is 32.4 Å². The number of aldehydes is 1. The van der Waals surface area contributed by atoms with Gasteiger partial charge in [0.2, 0.25) is 0 Å². The molecule has 0 aliphatic heterocycles. The molecule has 2 aromatic carbocycles. The molecule has 0 bridgehead atoms. The van der Waals surface area contributed by atoms with Crippen LogP contribution in [0.5, 0.6) is 17.2 Å². The Hall–Kier alpha value is -2.49. The van der Waals surface area contributed by atoms with Crippen molar-refractivity contribution in [3.8, 4) is 17.2 Å². The number of carbonyl (C=O) groups excluding carboxylic acids is 1. The summed E-state index contributed by atoms with van der Waals surface area (Å²) in [4.78, 5) is 11.1. The number of hydrogen-bond acceptors (Lipinski definition) is 4. The van der Waals surface area contributed by atoms with Crippen molar-refractivity contribution in [1.82, 2.24) is 0 Å². The Labute approximate surface area is 124 Å². The van der Waals surface area contributed by atoms with Crippen molar-refractivity contribution in [2.45, 2.75) is 13.0 Å². The predicted molar refractivity (Wildman–Crippen MR) is 80.4 cm³/mol. The summed E-state index contributed by atoms with van der Waals surface area (Å²) in [5, 5.41) is 0. The van der Waals surface area contributed by atoms with E-state index in [1.165, 1.54) is 0 Å². The highest BCUT2D eigenvalue weighted by Crippen LogP contribution is 2.34. The Balaban J connectivity index is 2.25. The van der Waals surface area contributed by atoms with E-state index in [9.17, 15) is 4.79 Å². The molecule has 0 radical (unpaired) electrons. The van der Waals surface area contributed by atoms with Crippen molar-refractivity contribution in [2.24, 2.45) is 0 Å². The highest BCUT2D eigenvalue weighted by Gasteiger charge is 2.15. The Morgan fingerprint density at radius 3 is 2.29 bits per heavy atom. The molecule has 4 heteroatoms. The Morgan fingerprint density at radius 2 is 1.71 bits per heavy atom. The fraction of sp³-hybridized carbons (Fsp3) is 0.235. The second kappa shape index (κ2) is 6.79. The van der Waals surface area contributed by atoms with Gasteiger partial charge in [0.15, 0.2) is 17.8 Å². The Morgan fingerprint density at radius 1 is 1.00 bits per heavy atom. The molecule has 0 saturated carbocycles. The van der Waals surface area contributed by atoms with Crippen molar-refractivity contribution in [3.05, 3.63) is 53.6 Å². The van der Waals surface area contributed by atoms with Crippen LogP contribution in [0.15, 0.2) is 42.5 Å². The van der Waals surface area contributed by atoms with E-state index in [2.05, 4.69) is 0 Å². The van der Waals surface area contributed by atoms with Gasteiger partial charge in [0.25, 0.3) is 0 Å². The quantitative estimate of drug-likeness (QED) is 0.760. The summed E-state index contributed by atoms with van der Waals surface area (Å²) >= 11 is 0. The zero-order valence-corrected chi connectivity index (χ0v) is 12.3. The molecule has 4 nitrogen and oxygen atoms in total. The van der Waals surface area contributed by atoms with E-state index >= 15 is 0 Å². The third-order valence-electron chi connectivity index (χ3n) is 3.24.